The Kier molecular flexibility index (Phi) is 5.96. The summed E-state index contributed by atoms with van der Waals surface area (Å²) in [5.41, 5.74) is 1.01. The van der Waals surface area contributed by atoms with Crippen LogP contribution in [0.4, 0.5) is 9.52 Å². The van der Waals surface area contributed by atoms with Gasteiger partial charge in [0.25, 0.3) is 5.91 Å². The third kappa shape index (κ3) is 4.29. The topological polar surface area (TPSA) is 60.2 Å². The van der Waals surface area contributed by atoms with Crippen LogP contribution in [0.1, 0.15) is 16.8 Å². The molecule has 0 fully saturated rings. The lowest BCUT2D eigenvalue weighted by molar-refractivity contribution is 0.0986. The summed E-state index contributed by atoms with van der Waals surface area (Å²) in [7, 11) is 1.60. The summed E-state index contributed by atoms with van der Waals surface area (Å²) in [4.78, 5) is 23.6. The van der Waals surface area contributed by atoms with E-state index < -0.39 is 5.82 Å². The number of ether oxygens (including phenoxy) is 1. The van der Waals surface area contributed by atoms with Crippen molar-refractivity contribution in [1.82, 2.24) is 14.5 Å². The number of fused-ring (bicyclic) bond motifs is 1. The molecule has 0 aliphatic heterocycles. The Morgan fingerprint density at radius 3 is 2.90 bits per heavy atom. The minimum absolute atomic E-state index is 0.0717. The molecule has 0 aliphatic rings. The first kappa shape index (κ1) is 20.3. The zero-order chi connectivity index (χ0) is 21.1. The fourth-order valence-electron chi connectivity index (χ4n) is 3.06. The van der Waals surface area contributed by atoms with Gasteiger partial charge in [0.1, 0.15) is 11.6 Å². The first-order chi connectivity index (χ1) is 14.5. The number of methoxy groups -OCH3 is 1. The van der Waals surface area contributed by atoms with Gasteiger partial charge < -0.3 is 9.30 Å². The summed E-state index contributed by atoms with van der Waals surface area (Å²) in [5.74, 6) is -0.0933. The number of hydrogen-bond donors (Lipinski definition) is 0. The van der Waals surface area contributed by atoms with Crippen LogP contribution in [-0.2, 0) is 6.54 Å². The number of anilines is 1. The number of aryl methyl sites for hydroxylation is 1. The molecule has 2 aromatic carbocycles. The molecule has 4 aromatic rings. The van der Waals surface area contributed by atoms with E-state index in [1.165, 1.54) is 23.5 Å². The summed E-state index contributed by atoms with van der Waals surface area (Å²) < 4.78 is 21.6. The molecular weight excluding hydrogens is 427 g/mol. The van der Waals surface area contributed by atoms with Crippen LogP contribution in [0.2, 0.25) is 5.02 Å². The number of thiazole rings is 1. The number of aromatic nitrogens is 3. The first-order valence-corrected chi connectivity index (χ1v) is 10.4. The van der Waals surface area contributed by atoms with Gasteiger partial charge in [-0.25, -0.2) is 14.4 Å². The molecule has 6 nitrogen and oxygen atoms in total. The van der Waals surface area contributed by atoms with Gasteiger partial charge in [0.15, 0.2) is 5.13 Å². The minimum atomic E-state index is -0.490. The van der Waals surface area contributed by atoms with Gasteiger partial charge in [-0.05, 0) is 42.8 Å². The highest BCUT2D eigenvalue weighted by molar-refractivity contribution is 7.22. The maximum atomic E-state index is 13.5. The van der Waals surface area contributed by atoms with E-state index >= 15 is 0 Å². The number of imidazole rings is 1. The Balaban J connectivity index is 1.66. The summed E-state index contributed by atoms with van der Waals surface area (Å²) in [5, 5.41) is 0.622. The van der Waals surface area contributed by atoms with Crippen molar-refractivity contribution in [2.45, 2.75) is 13.0 Å². The summed E-state index contributed by atoms with van der Waals surface area (Å²) >= 11 is 7.55. The monoisotopic (exact) mass is 444 g/mol. The van der Waals surface area contributed by atoms with E-state index in [1.807, 2.05) is 29.0 Å². The van der Waals surface area contributed by atoms with Crippen molar-refractivity contribution in [3.8, 4) is 5.75 Å². The molecule has 0 aliphatic carbocycles. The summed E-state index contributed by atoms with van der Waals surface area (Å²) in [6.07, 6.45) is 5.99. The second-order valence-corrected chi connectivity index (χ2v) is 7.98. The molecule has 0 spiro atoms. The van der Waals surface area contributed by atoms with Crippen LogP contribution < -0.4 is 9.64 Å². The number of nitrogens with zero attached hydrogens (tertiary/aromatic N) is 4. The number of carbonyl (C=O) groups excluding carboxylic acids is 1. The van der Waals surface area contributed by atoms with Gasteiger partial charge in [-0.15, -0.1) is 0 Å². The average molecular weight is 445 g/mol. The maximum Gasteiger partial charge on any atom is 0.261 e. The third-order valence-corrected chi connectivity index (χ3v) is 5.93. The zero-order valence-electron chi connectivity index (χ0n) is 16.1. The highest BCUT2D eigenvalue weighted by Gasteiger charge is 2.23. The van der Waals surface area contributed by atoms with Crippen molar-refractivity contribution in [3.05, 3.63) is 71.5 Å². The van der Waals surface area contributed by atoms with Gasteiger partial charge in [0, 0.05) is 25.5 Å². The van der Waals surface area contributed by atoms with Gasteiger partial charge in [0.05, 0.1) is 34.2 Å². The van der Waals surface area contributed by atoms with Crippen LogP contribution in [-0.4, -0.2) is 34.1 Å². The van der Waals surface area contributed by atoms with Gasteiger partial charge in [-0.3, -0.25) is 9.69 Å². The van der Waals surface area contributed by atoms with Crippen LogP contribution in [0.5, 0.6) is 5.75 Å². The van der Waals surface area contributed by atoms with E-state index in [2.05, 4.69) is 9.97 Å². The Morgan fingerprint density at radius 1 is 1.30 bits per heavy atom. The molecule has 2 aromatic heterocycles. The Hall–Kier alpha value is -2.97. The predicted molar refractivity (Wildman–Crippen MR) is 116 cm³/mol. The molecule has 0 radical (unpaired) electrons. The van der Waals surface area contributed by atoms with Crippen LogP contribution in [0, 0.1) is 5.82 Å². The summed E-state index contributed by atoms with van der Waals surface area (Å²) in [6, 6.07) is 9.34. The van der Waals surface area contributed by atoms with Crippen molar-refractivity contribution in [3.63, 3.8) is 0 Å². The fraction of sp³-hybridized carbons (Fsp3) is 0.190. The standard InChI is InChI=1S/C21H18ClFN4O2S/c1-29-15-4-6-18-19(12-15)30-21(25-18)27(9-2-8-26-10-7-24-13-26)20(28)16-5-3-14(23)11-17(16)22/h3-7,10-13H,2,8-9H2,1H3. The largest absolute Gasteiger partial charge is 0.497 e. The molecule has 0 saturated heterocycles. The van der Waals surface area contributed by atoms with E-state index in [9.17, 15) is 9.18 Å². The van der Waals surface area contributed by atoms with Gasteiger partial charge in [0.2, 0.25) is 0 Å². The molecule has 1 amide bonds. The lowest BCUT2D eigenvalue weighted by Crippen LogP contribution is -2.32. The van der Waals surface area contributed by atoms with Crippen LogP contribution in [0.25, 0.3) is 10.2 Å². The molecule has 4 rings (SSSR count). The third-order valence-electron chi connectivity index (χ3n) is 4.58. The number of hydrogen-bond acceptors (Lipinski definition) is 5. The van der Waals surface area contributed by atoms with Gasteiger partial charge in [-0.1, -0.05) is 22.9 Å². The second kappa shape index (κ2) is 8.81. The van der Waals surface area contributed by atoms with Crippen LogP contribution >= 0.6 is 22.9 Å². The van der Waals surface area contributed by atoms with Crippen molar-refractivity contribution < 1.29 is 13.9 Å². The predicted octanol–water partition coefficient (Wildman–Crippen LogP) is 5.03. The van der Waals surface area contributed by atoms with E-state index in [-0.39, 0.29) is 16.5 Å². The minimum Gasteiger partial charge on any atom is -0.497 e. The lowest BCUT2D eigenvalue weighted by atomic mass is 10.2. The molecule has 0 N–H and O–H groups in total. The quantitative estimate of drug-likeness (QED) is 0.401. The van der Waals surface area contributed by atoms with E-state index in [0.717, 1.165) is 22.0 Å². The molecule has 0 saturated carbocycles. The van der Waals surface area contributed by atoms with Crippen molar-refractivity contribution in [2.75, 3.05) is 18.6 Å². The lowest BCUT2D eigenvalue weighted by Gasteiger charge is -2.20. The van der Waals surface area contributed by atoms with Gasteiger partial charge in [-0.2, -0.15) is 0 Å². The molecule has 9 heteroatoms. The smallest absolute Gasteiger partial charge is 0.261 e. The number of carbonyl (C=O) groups is 1. The highest BCUT2D eigenvalue weighted by atomic mass is 35.5. The molecule has 2 heterocycles. The van der Waals surface area contributed by atoms with Crippen LogP contribution in [0.15, 0.2) is 55.1 Å². The van der Waals surface area contributed by atoms with Gasteiger partial charge >= 0.3 is 0 Å². The SMILES string of the molecule is COc1ccc2nc(N(CCCn3ccnc3)C(=O)c3ccc(F)cc3Cl)sc2c1. The van der Waals surface area contributed by atoms with Crippen molar-refractivity contribution >= 4 is 44.2 Å². The van der Waals surface area contributed by atoms with Crippen LogP contribution in [0.3, 0.4) is 0 Å². The van der Waals surface area contributed by atoms with E-state index in [1.54, 1.807) is 24.5 Å². The fourth-order valence-corrected chi connectivity index (χ4v) is 4.32. The van der Waals surface area contributed by atoms with Crippen molar-refractivity contribution in [2.24, 2.45) is 0 Å². The Morgan fingerprint density at radius 2 is 2.17 bits per heavy atom. The Labute approximate surface area is 181 Å². The second-order valence-electron chi connectivity index (χ2n) is 6.57. The normalized spacial score (nSPS) is 11.0. The maximum absolute atomic E-state index is 13.5. The molecule has 0 atom stereocenters. The first-order valence-electron chi connectivity index (χ1n) is 9.22. The molecule has 154 valence electrons. The molecule has 0 unspecified atom stereocenters. The number of halogens is 2. The highest BCUT2D eigenvalue weighted by Crippen LogP contribution is 2.33. The average Bonchev–Trinajstić information content (AvgIpc) is 3.39. The number of rotatable bonds is 7. The molecule has 0 bridgehead atoms. The van der Waals surface area contributed by atoms with E-state index in [4.69, 9.17) is 16.3 Å². The number of benzene rings is 2. The number of amides is 1. The van der Waals surface area contributed by atoms with E-state index in [0.29, 0.717) is 24.6 Å². The Bertz CT molecular complexity index is 1180. The molecular formula is C21H18ClFN4O2S. The zero-order valence-corrected chi connectivity index (χ0v) is 17.7. The molecule has 30 heavy (non-hydrogen) atoms. The summed E-state index contributed by atoms with van der Waals surface area (Å²) in [6.45, 7) is 1.11. The van der Waals surface area contributed by atoms with Crippen molar-refractivity contribution in [1.29, 1.82) is 0 Å².